The molecule has 0 spiro atoms. The third kappa shape index (κ3) is 3.33. The summed E-state index contributed by atoms with van der Waals surface area (Å²) in [5, 5.41) is 0. The van der Waals surface area contributed by atoms with Gasteiger partial charge in [-0.25, -0.2) is 5.43 Å². The van der Waals surface area contributed by atoms with Crippen molar-refractivity contribution in [2.75, 3.05) is 20.8 Å². The zero-order chi connectivity index (χ0) is 10.4. The highest BCUT2D eigenvalue weighted by Gasteiger charge is 1.98. The molecule has 0 heterocycles. The third-order valence-electron chi connectivity index (χ3n) is 1.97. The SMILES string of the molecule is COc1ccc(CN(C)CNN)cc1. The Morgan fingerprint density at radius 1 is 1.36 bits per heavy atom. The van der Waals surface area contributed by atoms with Crippen LogP contribution in [0.5, 0.6) is 5.75 Å². The minimum absolute atomic E-state index is 0.673. The molecule has 0 aliphatic heterocycles. The molecule has 78 valence electrons. The summed E-state index contributed by atoms with van der Waals surface area (Å²) >= 11 is 0. The Hall–Kier alpha value is -1.10. The molecule has 1 aromatic carbocycles. The second-order valence-corrected chi connectivity index (χ2v) is 3.22. The van der Waals surface area contributed by atoms with E-state index in [4.69, 9.17) is 10.6 Å². The number of nitrogens with zero attached hydrogens (tertiary/aromatic N) is 1. The van der Waals surface area contributed by atoms with Crippen LogP contribution in [0.1, 0.15) is 5.56 Å². The van der Waals surface area contributed by atoms with E-state index in [1.54, 1.807) is 7.11 Å². The van der Waals surface area contributed by atoms with Crippen molar-refractivity contribution in [1.29, 1.82) is 0 Å². The van der Waals surface area contributed by atoms with Crippen LogP contribution in [0.3, 0.4) is 0 Å². The monoisotopic (exact) mass is 195 g/mol. The van der Waals surface area contributed by atoms with Crippen molar-refractivity contribution in [1.82, 2.24) is 10.3 Å². The molecule has 4 nitrogen and oxygen atoms in total. The topological polar surface area (TPSA) is 50.5 Å². The lowest BCUT2D eigenvalue weighted by atomic mass is 10.2. The van der Waals surface area contributed by atoms with Crippen molar-refractivity contribution in [3.8, 4) is 5.75 Å². The van der Waals surface area contributed by atoms with Crippen molar-refractivity contribution in [2.24, 2.45) is 5.84 Å². The highest BCUT2D eigenvalue weighted by molar-refractivity contribution is 5.26. The van der Waals surface area contributed by atoms with Crippen molar-refractivity contribution in [3.05, 3.63) is 29.8 Å². The second kappa shape index (κ2) is 5.59. The lowest BCUT2D eigenvalue weighted by molar-refractivity contribution is 0.301. The first-order valence-corrected chi connectivity index (χ1v) is 4.51. The van der Waals surface area contributed by atoms with Crippen molar-refractivity contribution >= 4 is 0 Å². The number of hydrazine groups is 1. The van der Waals surface area contributed by atoms with Crippen LogP contribution in [0.4, 0.5) is 0 Å². The van der Waals surface area contributed by atoms with E-state index in [9.17, 15) is 0 Å². The van der Waals surface area contributed by atoms with Gasteiger partial charge in [0.15, 0.2) is 0 Å². The average molecular weight is 195 g/mol. The van der Waals surface area contributed by atoms with Gasteiger partial charge in [0.25, 0.3) is 0 Å². The Kier molecular flexibility index (Phi) is 4.39. The van der Waals surface area contributed by atoms with Crippen LogP contribution < -0.4 is 16.0 Å². The van der Waals surface area contributed by atoms with E-state index in [1.807, 2.05) is 31.3 Å². The summed E-state index contributed by atoms with van der Waals surface area (Å²) in [5.41, 5.74) is 3.85. The van der Waals surface area contributed by atoms with Crippen LogP contribution in [-0.2, 0) is 6.54 Å². The van der Waals surface area contributed by atoms with Crippen LogP contribution in [0.25, 0.3) is 0 Å². The molecule has 0 aromatic heterocycles. The summed E-state index contributed by atoms with van der Waals surface area (Å²) in [6.45, 7) is 1.54. The number of nitrogens with two attached hydrogens (primary N) is 1. The van der Waals surface area contributed by atoms with Gasteiger partial charge in [0.1, 0.15) is 5.75 Å². The lowest BCUT2D eigenvalue weighted by Crippen LogP contribution is -2.34. The van der Waals surface area contributed by atoms with Gasteiger partial charge in [-0.15, -0.1) is 0 Å². The Morgan fingerprint density at radius 3 is 2.50 bits per heavy atom. The molecule has 0 unspecified atom stereocenters. The summed E-state index contributed by atoms with van der Waals surface area (Å²) in [7, 11) is 3.67. The largest absolute Gasteiger partial charge is 0.497 e. The summed E-state index contributed by atoms with van der Waals surface area (Å²) in [6.07, 6.45) is 0. The van der Waals surface area contributed by atoms with Gasteiger partial charge < -0.3 is 4.74 Å². The molecule has 0 aliphatic rings. The minimum atomic E-state index is 0.673. The number of benzene rings is 1. The maximum Gasteiger partial charge on any atom is 0.118 e. The molecule has 0 saturated carbocycles. The summed E-state index contributed by atoms with van der Waals surface area (Å²) < 4.78 is 5.08. The predicted molar refractivity (Wildman–Crippen MR) is 56.7 cm³/mol. The van der Waals surface area contributed by atoms with E-state index < -0.39 is 0 Å². The van der Waals surface area contributed by atoms with Crippen molar-refractivity contribution < 1.29 is 4.74 Å². The zero-order valence-electron chi connectivity index (χ0n) is 8.66. The number of hydrogen-bond donors (Lipinski definition) is 2. The highest BCUT2D eigenvalue weighted by atomic mass is 16.5. The molecule has 14 heavy (non-hydrogen) atoms. The maximum atomic E-state index is 5.22. The van der Waals surface area contributed by atoms with Crippen LogP contribution in [-0.4, -0.2) is 25.7 Å². The molecule has 0 aliphatic carbocycles. The van der Waals surface area contributed by atoms with Gasteiger partial charge in [-0.2, -0.15) is 0 Å². The molecule has 0 fully saturated rings. The normalized spacial score (nSPS) is 10.6. The van der Waals surface area contributed by atoms with Gasteiger partial charge in [0.2, 0.25) is 0 Å². The quantitative estimate of drug-likeness (QED) is 0.409. The van der Waals surface area contributed by atoms with Crippen molar-refractivity contribution in [2.45, 2.75) is 6.54 Å². The first-order valence-electron chi connectivity index (χ1n) is 4.51. The molecule has 1 rings (SSSR count). The van der Waals surface area contributed by atoms with Gasteiger partial charge >= 0.3 is 0 Å². The van der Waals surface area contributed by atoms with Gasteiger partial charge in [-0.3, -0.25) is 10.7 Å². The molecule has 0 saturated heterocycles. The van der Waals surface area contributed by atoms with E-state index in [0.717, 1.165) is 12.3 Å². The van der Waals surface area contributed by atoms with Crippen LogP contribution in [0.15, 0.2) is 24.3 Å². The number of rotatable bonds is 5. The number of hydrogen-bond acceptors (Lipinski definition) is 4. The zero-order valence-corrected chi connectivity index (χ0v) is 8.66. The maximum absolute atomic E-state index is 5.22. The van der Waals surface area contributed by atoms with E-state index in [1.165, 1.54) is 5.56 Å². The molecule has 0 radical (unpaired) electrons. The molecule has 3 N–H and O–H groups in total. The fourth-order valence-corrected chi connectivity index (χ4v) is 1.25. The Morgan fingerprint density at radius 2 is 2.00 bits per heavy atom. The molecule has 0 amide bonds. The summed E-state index contributed by atoms with van der Waals surface area (Å²) in [4.78, 5) is 2.09. The van der Waals surface area contributed by atoms with Gasteiger partial charge in [0, 0.05) is 6.54 Å². The fraction of sp³-hybridized carbons (Fsp3) is 0.400. The van der Waals surface area contributed by atoms with Crippen LogP contribution in [0.2, 0.25) is 0 Å². The van der Waals surface area contributed by atoms with Gasteiger partial charge in [-0.1, -0.05) is 12.1 Å². The molecule has 1 aromatic rings. The first kappa shape index (κ1) is 11.0. The number of ether oxygens (including phenoxy) is 1. The molecular formula is C10H17N3O. The molecule has 0 atom stereocenters. The smallest absolute Gasteiger partial charge is 0.118 e. The van der Waals surface area contributed by atoms with Crippen molar-refractivity contribution in [3.63, 3.8) is 0 Å². The van der Waals surface area contributed by atoms with Crippen LogP contribution >= 0.6 is 0 Å². The summed E-state index contributed by atoms with van der Waals surface area (Å²) in [5.74, 6) is 6.10. The molecule has 0 bridgehead atoms. The average Bonchev–Trinajstić information content (AvgIpc) is 2.19. The van der Waals surface area contributed by atoms with E-state index in [2.05, 4.69) is 10.3 Å². The Bertz CT molecular complexity index is 261. The minimum Gasteiger partial charge on any atom is -0.497 e. The van der Waals surface area contributed by atoms with Gasteiger partial charge in [0.05, 0.1) is 13.8 Å². The number of nitrogens with one attached hydrogen (secondary N) is 1. The molecule has 4 heteroatoms. The highest BCUT2D eigenvalue weighted by Crippen LogP contribution is 2.11. The third-order valence-corrected chi connectivity index (χ3v) is 1.97. The molecular weight excluding hydrogens is 178 g/mol. The second-order valence-electron chi connectivity index (χ2n) is 3.22. The van der Waals surface area contributed by atoms with Crippen LogP contribution in [0, 0.1) is 0 Å². The lowest BCUT2D eigenvalue weighted by Gasteiger charge is -2.15. The first-order chi connectivity index (χ1) is 6.76. The van der Waals surface area contributed by atoms with E-state index in [0.29, 0.717) is 6.67 Å². The number of methoxy groups -OCH3 is 1. The van der Waals surface area contributed by atoms with Gasteiger partial charge in [-0.05, 0) is 24.7 Å². The summed E-state index contributed by atoms with van der Waals surface area (Å²) in [6, 6.07) is 8.01. The Labute approximate surface area is 84.6 Å². The Balaban J connectivity index is 2.50. The fourth-order valence-electron chi connectivity index (χ4n) is 1.25. The predicted octanol–water partition coefficient (Wildman–Crippen LogP) is 0.548. The van der Waals surface area contributed by atoms with E-state index >= 15 is 0 Å². The van der Waals surface area contributed by atoms with E-state index in [-0.39, 0.29) is 0 Å². The standard InChI is InChI=1S/C10H17N3O/c1-13(8-12-11)7-9-3-5-10(14-2)6-4-9/h3-6,12H,7-8,11H2,1-2H3.